The summed E-state index contributed by atoms with van der Waals surface area (Å²) in [4.78, 5) is 24.2. The number of rotatable bonds is 3. The standard InChI is InChI=1S/C13H13ClN2O5/c14-10-5-9-8(4-11(10)16(18)19)6-15(13(9)17)7-12-20-2-1-3-21-12/h4-5,12H,1-3,6-7H2. The lowest BCUT2D eigenvalue weighted by Gasteiger charge is -2.27. The van der Waals surface area contributed by atoms with Crippen LogP contribution in [0.5, 0.6) is 0 Å². The molecule has 1 fully saturated rings. The average Bonchev–Trinajstić information content (AvgIpc) is 2.75. The van der Waals surface area contributed by atoms with Crippen LogP contribution in [0.15, 0.2) is 12.1 Å². The number of ether oxygens (including phenoxy) is 2. The maximum absolute atomic E-state index is 12.3. The Morgan fingerprint density at radius 3 is 2.76 bits per heavy atom. The summed E-state index contributed by atoms with van der Waals surface area (Å²) in [6, 6.07) is 2.72. The third-order valence-corrected chi connectivity index (χ3v) is 3.82. The molecule has 1 amide bonds. The summed E-state index contributed by atoms with van der Waals surface area (Å²) in [7, 11) is 0. The van der Waals surface area contributed by atoms with Gasteiger partial charge in [-0.3, -0.25) is 14.9 Å². The number of amides is 1. The fraction of sp³-hybridized carbons (Fsp3) is 0.462. The highest BCUT2D eigenvalue weighted by molar-refractivity contribution is 6.33. The van der Waals surface area contributed by atoms with Crippen LogP contribution in [0.25, 0.3) is 0 Å². The SMILES string of the molecule is O=C1c2cc(Cl)c([N+](=O)[O-])cc2CN1CC1OCCCO1. The number of hydrogen-bond acceptors (Lipinski definition) is 5. The van der Waals surface area contributed by atoms with E-state index in [9.17, 15) is 14.9 Å². The van der Waals surface area contributed by atoms with Crippen LogP contribution in [-0.4, -0.2) is 41.8 Å². The van der Waals surface area contributed by atoms with Crippen LogP contribution < -0.4 is 0 Å². The van der Waals surface area contributed by atoms with Gasteiger partial charge in [0.1, 0.15) is 5.02 Å². The van der Waals surface area contributed by atoms with Crippen LogP contribution in [0, 0.1) is 10.1 Å². The van der Waals surface area contributed by atoms with E-state index in [0.717, 1.165) is 6.42 Å². The van der Waals surface area contributed by atoms with Crippen molar-refractivity contribution in [3.8, 4) is 0 Å². The molecule has 3 rings (SSSR count). The van der Waals surface area contributed by atoms with Gasteiger partial charge in [-0.25, -0.2) is 0 Å². The zero-order valence-electron chi connectivity index (χ0n) is 11.1. The summed E-state index contributed by atoms with van der Waals surface area (Å²) < 4.78 is 10.8. The van der Waals surface area contributed by atoms with E-state index in [-0.39, 0.29) is 16.6 Å². The Balaban J connectivity index is 1.79. The summed E-state index contributed by atoms with van der Waals surface area (Å²) in [5.74, 6) is -0.209. The Kier molecular flexibility index (Phi) is 3.79. The Morgan fingerprint density at radius 1 is 1.38 bits per heavy atom. The fourth-order valence-electron chi connectivity index (χ4n) is 2.49. The predicted molar refractivity (Wildman–Crippen MR) is 73.2 cm³/mol. The van der Waals surface area contributed by atoms with Gasteiger partial charge < -0.3 is 14.4 Å². The number of hydrogen-bond donors (Lipinski definition) is 0. The maximum atomic E-state index is 12.3. The molecule has 0 spiro atoms. The molecule has 0 radical (unpaired) electrons. The number of halogens is 1. The zero-order chi connectivity index (χ0) is 15.0. The van der Waals surface area contributed by atoms with Crippen molar-refractivity contribution in [2.75, 3.05) is 19.8 Å². The van der Waals surface area contributed by atoms with Gasteiger partial charge in [-0.1, -0.05) is 11.6 Å². The monoisotopic (exact) mass is 312 g/mol. The number of benzene rings is 1. The quantitative estimate of drug-likeness (QED) is 0.629. The lowest BCUT2D eigenvalue weighted by Crippen LogP contribution is -2.38. The second kappa shape index (κ2) is 5.59. The molecular weight excluding hydrogens is 300 g/mol. The molecule has 1 aromatic rings. The van der Waals surface area contributed by atoms with Crippen LogP contribution in [0.3, 0.4) is 0 Å². The van der Waals surface area contributed by atoms with Crippen molar-refractivity contribution in [3.63, 3.8) is 0 Å². The van der Waals surface area contributed by atoms with Crippen LogP contribution in [0.4, 0.5) is 5.69 Å². The molecule has 112 valence electrons. The van der Waals surface area contributed by atoms with Crippen molar-refractivity contribution in [1.82, 2.24) is 4.90 Å². The second-order valence-electron chi connectivity index (χ2n) is 4.93. The largest absolute Gasteiger partial charge is 0.351 e. The molecule has 1 aromatic carbocycles. The highest BCUT2D eigenvalue weighted by Gasteiger charge is 2.32. The molecule has 2 aliphatic heterocycles. The minimum Gasteiger partial charge on any atom is -0.351 e. The minimum atomic E-state index is -0.552. The van der Waals surface area contributed by atoms with E-state index in [1.807, 2.05) is 0 Å². The normalized spacial score (nSPS) is 18.9. The topological polar surface area (TPSA) is 81.9 Å². The van der Waals surface area contributed by atoms with Gasteiger partial charge >= 0.3 is 0 Å². The molecule has 7 nitrogen and oxygen atoms in total. The maximum Gasteiger partial charge on any atom is 0.288 e. The third-order valence-electron chi connectivity index (χ3n) is 3.51. The molecule has 0 bridgehead atoms. The number of nitro groups is 1. The van der Waals surface area contributed by atoms with Gasteiger partial charge in [-0.05, 0) is 18.1 Å². The second-order valence-corrected chi connectivity index (χ2v) is 5.34. The molecule has 0 N–H and O–H groups in total. The number of carbonyl (C=O) groups is 1. The first kappa shape index (κ1) is 14.2. The van der Waals surface area contributed by atoms with E-state index in [2.05, 4.69) is 0 Å². The summed E-state index contributed by atoms with van der Waals surface area (Å²) in [5.41, 5.74) is 0.823. The van der Waals surface area contributed by atoms with E-state index in [1.165, 1.54) is 12.1 Å². The minimum absolute atomic E-state index is 0.0286. The summed E-state index contributed by atoms with van der Waals surface area (Å²) in [5, 5.41) is 10.9. The van der Waals surface area contributed by atoms with Gasteiger partial charge in [-0.15, -0.1) is 0 Å². The first-order valence-electron chi connectivity index (χ1n) is 6.55. The Bertz CT molecular complexity index is 600. The van der Waals surface area contributed by atoms with Crippen LogP contribution in [0.2, 0.25) is 5.02 Å². The van der Waals surface area contributed by atoms with E-state index < -0.39 is 11.2 Å². The Hall–Kier alpha value is -1.70. The summed E-state index contributed by atoms with van der Waals surface area (Å²) in [6.07, 6.45) is 0.398. The molecule has 2 aliphatic rings. The first-order valence-corrected chi connectivity index (χ1v) is 6.93. The molecule has 0 unspecified atom stereocenters. The van der Waals surface area contributed by atoms with Crippen molar-refractivity contribution in [3.05, 3.63) is 38.4 Å². The number of carbonyl (C=O) groups excluding carboxylic acids is 1. The highest BCUT2D eigenvalue weighted by atomic mass is 35.5. The van der Waals surface area contributed by atoms with Gasteiger partial charge in [0, 0.05) is 18.2 Å². The Morgan fingerprint density at radius 2 is 2.10 bits per heavy atom. The van der Waals surface area contributed by atoms with Crippen molar-refractivity contribution >= 4 is 23.2 Å². The molecule has 0 saturated carbocycles. The molecule has 21 heavy (non-hydrogen) atoms. The van der Waals surface area contributed by atoms with Gasteiger partial charge in [0.2, 0.25) is 0 Å². The Labute approximate surface area is 125 Å². The molecule has 2 heterocycles. The van der Waals surface area contributed by atoms with Crippen LogP contribution in [0.1, 0.15) is 22.3 Å². The van der Waals surface area contributed by atoms with E-state index in [4.69, 9.17) is 21.1 Å². The first-order chi connectivity index (χ1) is 10.1. The van der Waals surface area contributed by atoms with Crippen LogP contribution in [-0.2, 0) is 16.0 Å². The molecule has 0 aliphatic carbocycles. The van der Waals surface area contributed by atoms with E-state index in [1.54, 1.807) is 4.90 Å². The van der Waals surface area contributed by atoms with Gasteiger partial charge in [0.15, 0.2) is 6.29 Å². The van der Waals surface area contributed by atoms with Crippen LogP contribution >= 0.6 is 11.6 Å². The van der Waals surface area contributed by atoms with Gasteiger partial charge in [0.25, 0.3) is 11.6 Å². The predicted octanol–water partition coefficient (Wildman–Crippen LogP) is 1.97. The van der Waals surface area contributed by atoms with E-state index >= 15 is 0 Å². The molecule has 0 atom stereocenters. The lowest BCUT2D eigenvalue weighted by molar-refractivity contribution is -0.384. The zero-order valence-corrected chi connectivity index (χ0v) is 11.8. The molecule has 0 aromatic heterocycles. The van der Waals surface area contributed by atoms with Crippen molar-refractivity contribution < 1.29 is 19.2 Å². The third kappa shape index (κ3) is 2.72. The number of nitrogens with zero attached hydrogens (tertiary/aromatic N) is 2. The lowest BCUT2D eigenvalue weighted by atomic mass is 10.1. The number of fused-ring (bicyclic) bond motifs is 1. The van der Waals surface area contributed by atoms with Crippen molar-refractivity contribution in [2.45, 2.75) is 19.3 Å². The van der Waals surface area contributed by atoms with Gasteiger partial charge in [0.05, 0.1) is 24.7 Å². The fourth-order valence-corrected chi connectivity index (χ4v) is 2.72. The summed E-state index contributed by atoms with van der Waals surface area (Å²) >= 11 is 5.85. The summed E-state index contributed by atoms with van der Waals surface area (Å²) in [6.45, 7) is 1.82. The van der Waals surface area contributed by atoms with Crippen molar-refractivity contribution in [2.24, 2.45) is 0 Å². The van der Waals surface area contributed by atoms with Crippen molar-refractivity contribution in [1.29, 1.82) is 0 Å². The van der Waals surface area contributed by atoms with Gasteiger partial charge in [-0.2, -0.15) is 0 Å². The highest BCUT2D eigenvalue weighted by Crippen LogP contribution is 2.33. The molecular formula is C13H13ClN2O5. The molecule has 8 heteroatoms. The molecule has 1 saturated heterocycles. The van der Waals surface area contributed by atoms with E-state index in [0.29, 0.717) is 37.4 Å². The smallest absolute Gasteiger partial charge is 0.288 e. The number of nitro benzene ring substituents is 1. The average molecular weight is 313 g/mol.